The number of carbonyl (C=O) groups excluding carboxylic acids is 1. The zero-order valence-corrected chi connectivity index (χ0v) is 15.5. The predicted octanol–water partition coefficient (Wildman–Crippen LogP) is 4.42. The van der Waals surface area contributed by atoms with Gasteiger partial charge in [-0.15, -0.1) is 0 Å². The Hall–Kier alpha value is -1.89. The number of methoxy groups -OCH3 is 1. The molecule has 1 aliphatic carbocycles. The summed E-state index contributed by atoms with van der Waals surface area (Å²) in [5.41, 5.74) is 4.77. The van der Waals surface area contributed by atoms with E-state index in [1.165, 1.54) is 28.9 Å². The van der Waals surface area contributed by atoms with Gasteiger partial charge in [-0.05, 0) is 70.7 Å². The van der Waals surface area contributed by atoms with Crippen LogP contribution in [0.3, 0.4) is 0 Å². The lowest BCUT2D eigenvalue weighted by molar-refractivity contribution is 0.0599. The minimum absolute atomic E-state index is 0.308. The fourth-order valence-electron chi connectivity index (χ4n) is 3.01. The molecule has 0 aliphatic heterocycles. The van der Waals surface area contributed by atoms with Gasteiger partial charge in [-0.2, -0.15) is 0 Å². The van der Waals surface area contributed by atoms with Crippen LogP contribution in [0, 0.1) is 3.57 Å². The molecular weight excluding hydrogens is 415 g/mol. The Kier molecular flexibility index (Phi) is 4.04. The van der Waals surface area contributed by atoms with Crippen molar-refractivity contribution in [3.63, 3.8) is 0 Å². The summed E-state index contributed by atoms with van der Waals surface area (Å²) >= 11 is 2.32. The lowest BCUT2D eigenvalue weighted by Crippen LogP contribution is -2.09. The highest BCUT2D eigenvalue weighted by molar-refractivity contribution is 14.1. The number of hydrogen-bond donors (Lipinski definition) is 1. The van der Waals surface area contributed by atoms with Gasteiger partial charge in [0, 0.05) is 33.3 Å². The van der Waals surface area contributed by atoms with Crippen LogP contribution >= 0.6 is 22.6 Å². The van der Waals surface area contributed by atoms with Crippen molar-refractivity contribution in [2.24, 2.45) is 0 Å². The number of pyridine rings is 1. The number of carbonyl (C=O) groups is 1. The molecule has 2 aromatic heterocycles. The Bertz CT molecular complexity index is 928. The largest absolute Gasteiger partial charge is 0.465 e. The lowest BCUT2D eigenvalue weighted by Gasteiger charge is -2.10. The summed E-state index contributed by atoms with van der Waals surface area (Å²) in [6.45, 7) is 0. The number of halogens is 1. The van der Waals surface area contributed by atoms with Crippen molar-refractivity contribution in [1.29, 1.82) is 0 Å². The van der Waals surface area contributed by atoms with Crippen molar-refractivity contribution in [1.82, 2.24) is 9.97 Å². The van der Waals surface area contributed by atoms with Gasteiger partial charge in [0.05, 0.1) is 18.4 Å². The van der Waals surface area contributed by atoms with Crippen LogP contribution < -0.4 is 0 Å². The summed E-state index contributed by atoms with van der Waals surface area (Å²) in [5, 5.41) is 1.20. The number of H-pyrrole nitrogens is 1. The molecule has 24 heavy (non-hydrogen) atoms. The standard InChI is InChI=1S/C19H17IN2O2/c1-24-19(23)15-8-13(12-3-4-12)9-21-18(15)7-11-2-5-17-14(6-11)16(20)10-22-17/h2,5-6,8-10,12,22H,3-4,7H2,1H3. The van der Waals surface area contributed by atoms with Gasteiger partial charge in [0.25, 0.3) is 0 Å². The van der Waals surface area contributed by atoms with Crippen LogP contribution in [0.25, 0.3) is 10.9 Å². The monoisotopic (exact) mass is 432 g/mol. The third kappa shape index (κ3) is 2.92. The molecule has 1 N–H and O–H groups in total. The van der Waals surface area contributed by atoms with E-state index in [4.69, 9.17) is 4.74 Å². The van der Waals surface area contributed by atoms with Gasteiger partial charge >= 0.3 is 5.97 Å². The molecule has 1 aromatic carbocycles. The highest BCUT2D eigenvalue weighted by Crippen LogP contribution is 2.40. The molecule has 1 fully saturated rings. The van der Waals surface area contributed by atoms with Crippen molar-refractivity contribution in [2.45, 2.75) is 25.2 Å². The third-order valence-corrected chi connectivity index (χ3v) is 5.41. The Morgan fingerprint density at radius 2 is 2.21 bits per heavy atom. The second-order valence-electron chi connectivity index (χ2n) is 6.22. The fraction of sp³-hybridized carbons (Fsp3) is 0.263. The van der Waals surface area contributed by atoms with Crippen LogP contribution in [0.15, 0.2) is 36.7 Å². The highest BCUT2D eigenvalue weighted by Gasteiger charge is 2.26. The minimum Gasteiger partial charge on any atom is -0.465 e. The number of ether oxygens (including phenoxy) is 1. The van der Waals surface area contributed by atoms with Gasteiger partial charge in [-0.25, -0.2) is 4.79 Å². The summed E-state index contributed by atoms with van der Waals surface area (Å²) in [6, 6.07) is 8.27. The molecule has 0 bridgehead atoms. The van der Waals surface area contributed by atoms with E-state index in [1.807, 2.05) is 18.5 Å². The maximum Gasteiger partial charge on any atom is 0.339 e. The molecule has 3 aromatic rings. The average molecular weight is 432 g/mol. The number of rotatable bonds is 4. The van der Waals surface area contributed by atoms with Gasteiger partial charge in [0.1, 0.15) is 0 Å². The van der Waals surface area contributed by atoms with E-state index in [-0.39, 0.29) is 5.97 Å². The number of nitrogens with one attached hydrogen (secondary N) is 1. The number of fused-ring (bicyclic) bond motifs is 1. The topological polar surface area (TPSA) is 55.0 Å². The summed E-state index contributed by atoms with van der Waals surface area (Å²) in [7, 11) is 1.42. The van der Waals surface area contributed by atoms with E-state index in [9.17, 15) is 4.79 Å². The van der Waals surface area contributed by atoms with E-state index in [1.54, 1.807) is 0 Å². The summed E-state index contributed by atoms with van der Waals surface area (Å²) in [4.78, 5) is 20.0. The first-order chi connectivity index (χ1) is 11.7. The number of esters is 1. The van der Waals surface area contributed by atoms with Gasteiger partial charge in [-0.3, -0.25) is 4.98 Å². The van der Waals surface area contributed by atoms with E-state index in [2.05, 4.69) is 50.8 Å². The molecule has 0 amide bonds. The first-order valence-electron chi connectivity index (χ1n) is 7.98. The predicted molar refractivity (Wildman–Crippen MR) is 101 cm³/mol. The van der Waals surface area contributed by atoms with Crippen LogP contribution in [0.5, 0.6) is 0 Å². The smallest absolute Gasteiger partial charge is 0.339 e. The van der Waals surface area contributed by atoms with Crippen molar-refractivity contribution in [2.75, 3.05) is 7.11 Å². The molecule has 122 valence electrons. The van der Waals surface area contributed by atoms with Crippen LogP contribution in [-0.2, 0) is 11.2 Å². The normalized spacial score (nSPS) is 14.1. The number of hydrogen-bond acceptors (Lipinski definition) is 3. The summed E-state index contributed by atoms with van der Waals surface area (Å²) < 4.78 is 6.15. The highest BCUT2D eigenvalue weighted by atomic mass is 127. The summed E-state index contributed by atoms with van der Waals surface area (Å²) in [5.74, 6) is 0.255. The lowest BCUT2D eigenvalue weighted by atomic mass is 10.0. The molecule has 0 unspecified atom stereocenters. The molecule has 5 heteroatoms. The maximum atomic E-state index is 12.2. The van der Waals surface area contributed by atoms with Gasteiger partial charge in [0.15, 0.2) is 0 Å². The van der Waals surface area contributed by atoms with E-state index >= 15 is 0 Å². The number of aromatic amines is 1. The molecule has 0 atom stereocenters. The van der Waals surface area contributed by atoms with Crippen molar-refractivity contribution in [3.05, 3.63) is 62.6 Å². The number of benzene rings is 1. The third-order valence-electron chi connectivity index (χ3n) is 4.51. The zero-order chi connectivity index (χ0) is 16.7. The van der Waals surface area contributed by atoms with Crippen LogP contribution in [0.2, 0.25) is 0 Å². The van der Waals surface area contributed by atoms with Gasteiger partial charge < -0.3 is 9.72 Å². The first-order valence-corrected chi connectivity index (χ1v) is 9.06. The van der Waals surface area contributed by atoms with Crippen molar-refractivity contribution in [3.8, 4) is 0 Å². The summed E-state index contributed by atoms with van der Waals surface area (Å²) in [6.07, 6.45) is 6.90. The average Bonchev–Trinajstić information content (AvgIpc) is 3.39. The molecule has 4 nitrogen and oxygen atoms in total. The Labute approximate surface area is 153 Å². The molecule has 0 saturated heterocycles. The SMILES string of the molecule is COC(=O)c1cc(C2CC2)cnc1Cc1ccc2[nH]cc(I)c2c1. The Morgan fingerprint density at radius 1 is 1.38 bits per heavy atom. The minimum atomic E-state index is -0.308. The van der Waals surface area contributed by atoms with Crippen molar-refractivity contribution >= 4 is 39.5 Å². The van der Waals surface area contributed by atoms with Crippen LogP contribution in [-0.4, -0.2) is 23.0 Å². The molecule has 4 rings (SSSR count). The van der Waals surface area contributed by atoms with E-state index in [0.717, 1.165) is 22.3 Å². The fourth-order valence-corrected chi connectivity index (χ4v) is 3.62. The van der Waals surface area contributed by atoms with E-state index in [0.29, 0.717) is 17.9 Å². The molecule has 0 spiro atoms. The molecule has 2 heterocycles. The van der Waals surface area contributed by atoms with Gasteiger partial charge in [0.2, 0.25) is 0 Å². The molecular formula is C19H17IN2O2. The molecule has 1 saturated carbocycles. The second kappa shape index (κ2) is 6.20. The Morgan fingerprint density at radius 3 is 2.96 bits per heavy atom. The van der Waals surface area contributed by atoms with E-state index < -0.39 is 0 Å². The number of aromatic nitrogens is 2. The second-order valence-corrected chi connectivity index (χ2v) is 7.38. The maximum absolute atomic E-state index is 12.2. The van der Waals surface area contributed by atoms with Gasteiger partial charge in [-0.1, -0.05) is 6.07 Å². The first kappa shape index (κ1) is 15.6. The molecule has 0 radical (unpaired) electrons. The number of nitrogens with zero attached hydrogens (tertiary/aromatic N) is 1. The van der Waals surface area contributed by atoms with Crippen molar-refractivity contribution < 1.29 is 9.53 Å². The quantitative estimate of drug-likeness (QED) is 0.491. The Balaban J connectivity index is 1.71. The molecule has 1 aliphatic rings. The van der Waals surface area contributed by atoms with Crippen LogP contribution in [0.1, 0.15) is 45.9 Å². The van der Waals surface area contributed by atoms with Crippen LogP contribution in [0.4, 0.5) is 0 Å². The zero-order valence-electron chi connectivity index (χ0n) is 13.3.